The van der Waals surface area contributed by atoms with Crippen LogP contribution in [0.4, 0.5) is 0 Å². The minimum absolute atomic E-state index is 0.137. The summed E-state index contributed by atoms with van der Waals surface area (Å²) in [6.45, 7) is 3.69. The highest BCUT2D eigenvalue weighted by molar-refractivity contribution is 5.97. The van der Waals surface area contributed by atoms with E-state index in [4.69, 9.17) is 0 Å². The number of carbonyl (C=O) groups excluding carboxylic acids is 1. The molecule has 1 fully saturated rings. The number of piperidine rings is 1. The fourth-order valence-electron chi connectivity index (χ4n) is 3.65. The van der Waals surface area contributed by atoms with Crippen LogP contribution in [0.15, 0.2) is 72.4 Å². The van der Waals surface area contributed by atoms with E-state index in [1.165, 1.54) is 5.56 Å². The molecule has 2 aromatic rings. The zero-order valence-electron chi connectivity index (χ0n) is 16.3. The minimum atomic E-state index is -0.315. The van der Waals surface area contributed by atoms with Gasteiger partial charge >= 0.3 is 0 Å². The van der Waals surface area contributed by atoms with E-state index in [9.17, 15) is 10.1 Å². The van der Waals surface area contributed by atoms with Gasteiger partial charge in [-0.15, -0.1) is 0 Å². The maximum Gasteiger partial charge on any atom is 0.263 e. The van der Waals surface area contributed by atoms with E-state index in [1.54, 1.807) is 6.20 Å². The Balaban J connectivity index is 1.53. The third kappa shape index (κ3) is 5.47. The number of carbonyl (C=O) groups is 1. The zero-order chi connectivity index (χ0) is 19.8. The second-order valence-corrected chi connectivity index (χ2v) is 7.43. The van der Waals surface area contributed by atoms with Crippen LogP contribution in [0.5, 0.6) is 0 Å². The van der Waals surface area contributed by atoms with Gasteiger partial charge in [0.25, 0.3) is 5.91 Å². The number of likely N-dealkylation sites (tertiary alicyclic amines) is 1. The molecule has 1 aliphatic heterocycles. The number of rotatable bonds is 6. The van der Waals surface area contributed by atoms with Crippen molar-refractivity contribution in [3.8, 4) is 6.07 Å². The van der Waals surface area contributed by atoms with E-state index in [1.807, 2.05) is 43.3 Å². The van der Waals surface area contributed by atoms with Crippen molar-refractivity contribution in [3.63, 3.8) is 0 Å². The Labute approximate surface area is 167 Å². The van der Waals surface area contributed by atoms with E-state index in [2.05, 4.69) is 40.6 Å². The first-order valence-electron chi connectivity index (χ1n) is 9.91. The summed E-state index contributed by atoms with van der Waals surface area (Å²) in [5.74, 6) is 0.342. The molecule has 1 N–H and O–H groups in total. The molecule has 1 unspecified atom stereocenters. The molecule has 0 aromatic heterocycles. The molecular weight excluding hydrogens is 346 g/mol. The van der Waals surface area contributed by atoms with Gasteiger partial charge in [0.05, 0.1) is 6.04 Å². The molecule has 2 aromatic carbocycles. The summed E-state index contributed by atoms with van der Waals surface area (Å²) in [6.07, 6.45) is 4.97. The van der Waals surface area contributed by atoms with Crippen LogP contribution in [-0.4, -0.2) is 23.9 Å². The lowest BCUT2D eigenvalue weighted by molar-refractivity contribution is -0.117. The molecular formula is C24H27N3O. The molecule has 1 amide bonds. The largest absolute Gasteiger partial charge is 0.376 e. The topological polar surface area (TPSA) is 56.1 Å². The van der Waals surface area contributed by atoms with E-state index < -0.39 is 0 Å². The van der Waals surface area contributed by atoms with Crippen molar-refractivity contribution in [2.45, 2.75) is 32.2 Å². The molecule has 1 saturated heterocycles. The van der Waals surface area contributed by atoms with E-state index in [-0.39, 0.29) is 17.5 Å². The molecule has 4 heteroatoms. The Bertz CT molecular complexity index is 831. The molecule has 28 heavy (non-hydrogen) atoms. The van der Waals surface area contributed by atoms with Gasteiger partial charge in [-0.05, 0) is 43.2 Å². The normalized spacial score (nSPS) is 16.3. The van der Waals surface area contributed by atoms with Gasteiger partial charge in [-0.1, -0.05) is 60.7 Å². The first kappa shape index (κ1) is 19.7. The van der Waals surface area contributed by atoms with Crippen molar-refractivity contribution >= 4 is 5.91 Å². The first-order valence-corrected chi connectivity index (χ1v) is 9.91. The molecule has 0 radical (unpaired) electrons. The average molecular weight is 374 g/mol. The first-order chi connectivity index (χ1) is 13.7. The maximum atomic E-state index is 12.5. The Morgan fingerprint density at radius 1 is 1.14 bits per heavy atom. The van der Waals surface area contributed by atoms with Crippen LogP contribution in [-0.2, 0) is 11.2 Å². The van der Waals surface area contributed by atoms with Gasteiger partial charge < -0.3 is 10.2 Å². The lowest BCUT2D eigenvalue weighted by Gasteiger charge is -2.31. The molecule has 1 atom stereocenters. The van der Waals surface area contributed by atoms with Crippen molar-refractivity contribution in [1.29, 1.82) is 5.26 Å². The van der Waals surface area contributed by atoms with E-state index in [0.29, 0.717) is 5.92 Å². The van der Waals surface area contributed by atoms with Gasteiger partial charge in [-0.3, -0.25) is 4.79 Å². The number of nitrogens with zero attached hydrogens (tertiary/aromatic N) is 2. The molecule has 0 bridgehead atoms. The zero-order valence-corrected chi connectivity index (χ0v) is 16.3. The van der Waals surface area contributed by atoms with Gasteiger partial charge in [-0.2, -0.15) is 5.26 Å². The van der Waals surface area contributed by atoms with Gasteiger partial charge in [0.15, 0.2) is 0 Å². The van der Waals surface area contributed by atoms with Crippen molar-refractivity contribution < 1.29 is 4.79 Å². The third-order valence-electron chi connectivity index (χ3n) is 5.34. The quantitative estimate of drug-likeness (QED) is 0.609. The predicted octanol–water partition coefficient (Wildman–Crippen LogP) is 4.23. The predicted molar refractivity (Wildman–Crippen MR) is 111 cm³/mol. The van der Waals surface area contributed by atoms with Crippen LogP contribution in [0.2, 0.25) is 0 Å². The number of nitrogens with one attached hydrogen (secondary N) is 1. The summed E-state index contributed by atoms with van der Waals surface area (Å²) in [7, 11) is 0. The number of amides is 1. The lowest BCUT2D eigenvalue weighted by Crippen LogP contribution is -2.33. The summed E-state index contributed by atoms with van der Waals surface area (Å²) >= 11 is 0. The molecule has 144 valence electrons. The number of hydrogen-bond donors (Lipinski definition) is 1. The highest BCUT2D eigenvalue weighted by Crippen LogP contribution is 2.22. The second-order valence-electron chi connectivity index (χ2n) is 7.43. The molecule has 0 saturated carbocycles. The molecule has 0 aliphatic carbocycles. The minimum Gasteiger partial charge on any atom is -0.376 e. The molecule has 0 spiro atoms. The Morgan fingerprint density at radius 3 is 2.36 bits per heavy atom. The maximum absolute atomic E-state index is 12.5. The fourth-order valence-corrected chi connectivity index (χ4v) is 3.65. The van der Waals surface area contributed by atoms with Gasteiger partial charge in [0.1, 0.15) is 11.6 Å². The Kier molecular flexibility index (Phi) is 6.86. The highest BCUT2D eigenvalue weighted by Gasteiger charge is 2.20. The standard InChI is InChI=1S/C24H27N3O/c1-19(22-10-6-3-7-11-22)26-24(28)23(17-25)18-27-14-12-21(13-15-27)16-20-8-4-2-5-9-20/h2-11,18-19,21H,12-16H2,1H3,(H,26,28)/b23-18-. The Hall–Kier alpha value is -3.06. The summed E-state index contributed by atoms with van der Waals surface area (Å²) < 4.78 is 0. The molecule has 4 nitrogen and oxygen atoms in total. The number of nitriles is 1. The third-order valence-corrected chi connectivity index (χ3v) is 5.34. The SMILES string of the molecule is CC(NC(=O)/C(C#N)=C\N1CCC(Cc2ccccc2)CC1)c1ccccc1. The average Bonchev–Trinajstić information content (AvgIpc) is 2.74. The summed E-state index contributed by atoms with van der Waals surface area (Å²) in [5, 5.41) is 12.4. The monoisotopic (exact) mass is 373 g/mol. The molecule has 1 heterocycles. The van der Waals surface area contributed by atoms with Crippen molar-refractivity contribution in [3.05, 3.63) is 83.6 Å². The van der Waals surface area contributed by atoms with Gasteiger partial charge in [0.2, 0.25) is 0 Å². The number of benzene rings is 2. The number of hydrogen-bond acceptors (Lipinski definition) is 3. The smallest absolute Gasteiger partial charge is 0.263 e. The Morgan fingerprint density at radius 2 is 1.75 bits per heavy atom. The van der Waals surface area contributed by atoms with Crippen LogP contribution < -0.4 is 5.32 Å². The molecule has 3 rings (SSSR count). The molecule has 1 aliphatic rings. The van der Waals surface area contributed by atoms with Crippen LogP contribution in [0, 0.1) is 17.2 Å². The lowest BCUT2D eigenvalue weighted by atomic mass is 9.90. The summed E-state index contributed by atoms with van der Waals surface area (Å²) in [6, 6.07) is 22.3. The highest BCUT2D eigenvalue weighted by atomic mass is 16.1. The van der Waals surface area contributed by atoms with Crippen LogP contribution in [0.25, 0.3) is 0 Å². The second kappa shape index (κ2) is 9.75. The van der Waals surface area contributed by atoms with E-state index >= 15 is 0 Å². The van der Waals surface area contributed by atoms with Crippen LogP contribution in [0.3, 0.4) is 0 Å². The fraction of sp³-hybridized carbons (Fsp3) is 0.333. The van der Waals surface area contributed by atoms with Gasteiger partial charge in [-0.25, -0.2) is 0 Å². The van der Waals surface area contributed by atoms with E-state index in [0.717, 1.165) is 37.9 Å². The van der Waals surface area contributed by atoms with Crippen LogP contribution in [0.1, 0.15) is 36.9 Å². The van der Waals surface area contributed by atoms with Crippen molar-refractivity contribution in [2.75, 3.05) is 13.1 Å². The van der Waals surface area contributed by atoms with Crippen molar-refractivity contribution in [1.82, 2.24) is 10.2 Å². The van der Waals surface area contributed by atoms with Crippen molar-refractivity contribution in [2.24, 2.45) is 5.92 Å². The van der Waals surface area contributed by atoms with Crippen LogP contribution >= 0.6 is 0 Å². The summed E-state index contributed by atoms with van der Waals surface area (Å²) in [4.78, 5) is 14.6. The van der Waals surface area contributed by atoms with Gasteiger partial charge in [0, 0.05) is 19.3 Å². The summed E-state index contributed by atoms with van der Waals surface area (Å²) in [5.41, 5.74) is 2.57.